The maximum atomic E-state index is 12.5. The molecule has 1 N–H and O–H groups in total. The molecule has 1 heterocycles. The number of morpholine rings is 1. The first-order chi connectivity index (χ1) is 9.95. The van der Waals surface area contributed by atoms with Crippen LogP contribution in [-0.4, -0.2) is 47.7 Å². The van der Waals surface area contributed by atoms with Crippen LogP contribution in [0.5, 0.6) is 0 Å². The minimum atomic E-state index is -1.01. The summed E-state index contributed by atoms with van der Waals surface area (Å²) in [5, 5.41) is 8.68. The van der Waals surface area contributed by atoms with Gasteiger partial charge in [-0.25, -0.2) is 4.79 Å². The van der Waals surface area contributed by atoms with Gasteiger partial charge in [0.05, 0.1) is 12.7 Å². The Labute approximate surface area is 123 Å². The maximum Gasteiger partial charge on any atom is 0.328 e. The second-order valence-corrected chi connectivity index (χ2v) is 5.24. The largest absolute Gasteiger partial charge is 0.478 e. The van der Waals surface area contributed by atoms with Crippen molar-refractivity contribution in [2.24, 2.45) is 0 Å². The van der Waals surface area contributed by atoms with E-state index >= 15 is 0 Å². The van der Waals surface area contributed by atoms with Gasteiger partial charge in [0.2, 0.25) is 0 Å². The van der Waals surface area contributed by atoms with Crippen LogP contribution in [0.3, 0.4) is 0 Å². The molecule has 0 aliphatic carbocycles. The number of nitrogens with zero attached hydrogens (tertiary/aromatic N) is 1. The molecule has 5 heteroatoms. The summed E-state index contributed by atoms with van der Waals surface area (Å²) in [4.78, 5) is 24.9. The average Bonchev–Trinajstić information content (AvgIpc) is 2.43. The number of ether oxygens (including phenoxy) is 1. The predicted octanol–water partition coefficient (Wildman–Crippen LogP) is 1.95. The Balaban J connectivity index is 2.22. The molecule has 1 fully saturated rings. The van der Waals surface area contributed by atoms with Crippen molar-refractivity contribution in [3.63, 3.8) is 0 Å². The summed E-state index contributed by atoms with van der Waals surface area (Å²) in [6.45, 7) is 5.53. The van der Waals surface area contributed by atoms with Crippen molar-refractivity contribution in [3.8, 4) is 0 Å². The van der Waals surface area contributed by atoms with E-state index in [1.165, 1.54) is 6.08 Å². The van der Waals surface area contributed by atoms with Crippen molar-refractivity contribution in [2.75, 3.05) is 19.7 Å². The smallest absolute Gasteiger partial charge is 0.328 e. The first kappa shape index (κ1) is 15.3. The van der Waals surface area contributed by atoms with E-state index in [-0.39, 0.29) is 12.0 Å². The van der Waals surface area contributed by atoms with Crippen molar-refractivity contribution in [3.05, 3.63) is 41.0 Å². The maximum absolute atomic E-state index is 12.5. The van der Waals surface area contributed by atoms with E-state index in [1.54, 1.807) is 11.0 Å². The summed E-state index contributed by atoms with van der Waals surface area (Å²) in [5.74, 6) is -1.05. The standard InChI is InChI=1S/C16H19NO4/c1-11-7-13(3-4-15(18)19)9-14(8-11)16(20)17-5-6-21-12(2)10-17/h3-4,7-9,12H,5-6,10H2,1-2H3,(H,18,19)/b4-3+. The van der Waals surface area contributed by atoms with E-state index < -0.39 is 5.97 Å². The quantitative estimate of drug-likeness (QED) is 0.864. The minimum absolute atomic E-state index is 0.0406. The lowest BCUT2D eigenvalue weighted by Crippen LogP contribution is -2.44. The number of hydrogen-bond donors (Lipinski definition) is 1. The second kappa shape index (κ2) is 6.54. The van der Waals surface area contributed by atoms with Crippen LogP contribution in [-0.2, 0) is 9.53 Å². The minimum Gasteiger partial charge on any atom is -0.478 e. The highest BCUT2D eigenvalue weighted by Crippen LogP contribution is 2.15. The van der Waals surface area contributed by atoms with Crippen molar-refractivity contribution in [1.82, 2.24) is 4.90 Å². The lowest BCUT2D eigenvalue weighted by molar-refractivity contribution is -0.131. The molecule has 1 aromatic rings. The first-order valence-electron chi connectivity index (χ1n) is 6.89. The molecule has 1 amide bonds. The van der Waals surface area contributed by atoms with E-state index in [0.717, 1.165) is 11.6 Å². The normalized spacial score (nSPS) is 19.0. The van der Waals surface area contributed by atoms with Crippen LogP contribution >= 0.6 is 0 Å². The van der Waals surface area contributed by atoms with Gasteiger partial charge in [-0.2, -0.15) is 0 Å². The monoisotopic (exact) mass is 289 g/mol. The number of carboxylic acid groups (broad SMARTS) is 1. The van der Waals surface area contributed by atoms with Crippen LogP contribution in [0.1, 0.15) is 28.4 Å². The fraction of sp³-hybridized carbons (Fsp3) is 0.375. The highest BCUT2D eigenvalue weighted by atomic mass is 16.5. The highest BCUT2D eigenvalue weighted by molar-refractivity contribution is 5.95. The van der Waals surface area contributed by atoms with Crippen molar-refractivity contribution < 1.29 is 19.4 Å². The Kier molecular flexibility index (Phi) is 4.75. The van der Waals surface area contributed by atoms with Crippen LogP contribution in [0.2, 0.25) is 0 Å². The molecule has 1 atom stereocenters. The van der Waals surface area contributed by atoms with Gasteiger partial charge in [0.1, 0.15) is 0 Å². The SMILES string of the molecule is Cc1cc(/C=C/C(=O)O)cc(C(=O)N2CCOC(C)C2)c1. The van der Waals surface area contributed by atoms with Gasteiger partial charge in [0.25, 0.3) is 5.91 Å². The molecule has 0 bridgehead atoms. The van der Waals surface area contributed by atoms with Gasteiger partial charge in [-0.05, 0) is 43.2 Å². The van der Waals surface area contributed by atoms with Gasteiger partial charge in [-0.1, -0.05) is 6.07 Å². The summed E-state index contributed by atoms with van der Waals surface area (Å²) < 4.78 is 5.44. The zero-order valence-corrected chi connectivity index (χ0v) is 12.2. The number of hydrogen-bond acceptors (Lipinski definition) is 3. The van der Waals surface area contributed by atoms with Crippen LogP contribution in [0.25, 0.3) is 6.08 Å². The van der Waals surface area contributed by atoms with E-state index in [4.69, 9.17) is 9.84 Å². The predicted molar refractivity (Wildman–Crippen MR) is 79.2 cm³/mol. The summed E-state index contributed by atoms with van der Waals surface area (Å²) in [7, 11) is 0. The molecular formula is C16H19NO4. The molecule has 1 unspecified atom stereocenters. The Morgan fingerprint density at radius 2 is 2.14 bits per heavy atom. The lowest BCUT2D eigenvalue weighted by Gasteiger charge is -2.31. The molecule has 1 aliphatic heterocycles. The zero-order valence-electron chi connectivity index (χ0n) is 12.2. The Hall–Kier alpha value is -2.14. The van der Waals surface area contributed by atoms with Crippen LogP contribution in [0.4, 0.5) is 0 Å². The molecule has 2 rings (SSSR count). The third-order valence-electron chi connectivity index (χ3n) is 3.29. The van der Waals surface area contributed by atoms with Gasteiger partial charge in [-0.15, -0.1) is 0 Å². The van der Waals surface area contributed by atoms with Gasteiger partial charge < -0.3 is 14.7 Å². The van der Waals surface area contributed by atoms with E-state index in [0.29, 0.717) is 30.8 Å². The summed E-state index contributed by atoms with van der Waals surface area (Å²) >= 11 is 0. The van der Waals surface area contributed by atoms with Crippen molar-refractivity contribution in [2.45, 2.75) is 20.0 Å². The number of benzene rings is 1. The summed E-state index contributed by atoms with van der Waals surface area (Å²) in [6.07, 6.45) is 2.60. The molecule has 0 aromatic heterocycles. The zero-order chi connectivity index (χ0) is 15.4. The molecule has 112 valence electrons. The average molecular weight is 289 g/mol. The molecule has 0 radical (unpaired) electrons. The molecule has 5 nitrogen and oxygen atoms in total. The van der Waals surface area contributed by atoms with E-state index in [9.17, 15) is 9.59 Å². The lowest BCUT2D eigenvalue weighted by atomic mass is 10.0. The number of amides is 1. The van der Waals surface area contributed by atoms with Gasteiger partial charge in [-0.3, -0.25) is 4.79 Å². The number of aryl methyl sites for hydroxylation is 1. The highest BCUT2D eigenvalue weighted by Gasteiger charge is 2.22. The molecule has 1 saturated heterocycles. The van der Waals surface area contributed by atoms with E-state index in [1.807, 2.05) is 26.0 Å². The fourth-order valence-corrected chi connectivity index (χ4v) is 2.39. The Bertz CT molecular complexity index is 580. The number of aliphatic carboxylic acids is 1. The third-order valence-corrected chi connectivity index (χ3v) is 3.29. The van der Waals surface area contributed by atoms with Crippen LogP contribution in [0, 0.1) is 6.92 Å². The van der Waals surface area contributed by atoms with Crippen molar-refractivity contribution >= 4 is 18.0 Å². The number of carboxylic acids is 1. The fourth-order valence-electron chi connectivity index (χ4n) is 2.39. The summed E-state index contributed by atoms with van der Waals surface area (Å²) in [5.41, 5.74) is 2.21. The Morgan fingerprint density at radius 1 is 1.38 bits per heavy atom. The van der Waals surface area contributed by atoms with Gasteiger partial charge >= 0.3 is 5.97 Å². The van der Waals surface area contributed by atoms with Gasteiger partial charge in [0.15, 0.2) is 0 Å². The third kappa shape index (κ3) is 4.16. The number of carbonyl (C=O) groups is 2. The summed E-state index contributed by atoms with van der Waals surface area (Å²) in [6, 6.07) is 5.38. The molecular weight excluding hydrogens is 270 g/mol. The first-order valence-corrected chi connectivity index (χ1v) is 6.89. The molecule has 1 aliphatic rings. The topological polar surface area (TPSA) is 66.8 Å². The number of rotatable bonds is 3. The Morgan fingerprint density at radius 3 is 2.81 bits per heavy atom. The van der Waals surface area contributed by atoms with Crippen LogP contribution < -0.4 is 0 Å². The number of carbonyl (C=O) groups excluding carboxylic acids is 1. The molecule has 1 aromatic carbocycles. The van der Waals surface area contributed by atoms with Crippen molar-refractivity contribution in [1.29, 1.82) is 0 Å². The molecule has 0 spiro atoms. The molecule has 0 saturated carbocycles. The van der Waals surface area contributed by atoms with E-state index in [2.05, 4.69) is 0 Å². The second-order valence-electron chi connectivity index (χ2n) is 5.24. The van der Waals surface area contributed by atoms with Crippen LogP contribution in [0.15, 0.2) is 24.3 Å². The molecule has 21 heavy (non-hydrogen) atoms. The van der Waals surface area contributed by atoms with Gasteiger partial charge in [0, 0.05) is 24.7 Å².